The number of rotatable bonds is 4. The standard InChI is InChI=1S/C12H10F4N4OS/c1-2-20-9(12(14,15)16)5-8(19-20)11(21)18-17-6-7-3-4-10(13)22-7/h3-6H,2H2,1H3,(H,18,21). The van der Waals surface area contributed by atoms with Gasteiger partial charge >= 0.3 is 6.18 Å². The number of hydrogen-bond donors (Lipinski definition) is 1. The van der Waals surface area contributed by atoms with E-state index in [9.17, 15) is 22.4 Å². The van der Waals surface area contributed by atoms with Crippen molar-refractivity contribution in [2.45, 2.75) is 19.6 Å². The minimum Gasteiger partial charge on any atom is -0.265 e. The van der Waals surface area contributed by atoms with Gasteiger partial charge in [-0.1, -0.05) is 0 Å². The highest BCUT2D eigenvalue weighted by Gasteiger charge is 2.36. The van der Waals surface area contributed by atoms with Crippen LogP contribution in [0.1, 0.15) is 28.0 Å². The molecule has 1 amide bonds. The molecule has 5 nitrogen and oxygen atoms in total. The number of amides is 1. The van der Waals surface area contributed by atoms with Gasteiger partial charge in [0.15, 0.2) is 10.8 Å². The zero-order valence-corrected chi connectivity index (χ0v) is 12.0. The van der Waals surface area contributed by atoms with Gasteiger partial charge in [0.05, 0.1) is 11.1 Å². The van der Waals surface area contributed by atoms with Crippen molar-refractivity contribution in [2.24, 2.45) is 5.10 Å². The van der Waals surface area contributed by atoms with E-state index in [2.05, 4.69) is 10.2 Å². The summed E-state index contributed by atoms with van der Waals surface area (Å²) in [4.78, 5) is 12.2. The molecule has 118 valence electrons. The van der Waals surface area contributed by atoms with Gasteiger partial charge in [-0.2, -0.15) is 27.8 Å². The van der Waals surface area contributed by atoms with Gasteiger partial charge < -0.3 is 0 Å². The largest absolute Gasteiger partial charge is 0.433 e. The Morgan fingerprint density at radius 2 is 2.23 bits per heavy atom. The Balaban J connectivity index is 2.10. The molecule has 2 aromatic rings. The number of aryl methyl sites for hydroxylation is 1. The first-order valence-corrected chi connectivity index (χ1v) is 6.86. The van der Waals surface area contributed by atoms with Crippen LogP contribution in [0.5, 0.6) is 0 Å². The molecule has 0 aliphatic heterocycles. The third-order valence-corrected chi connectivity index (χ3v) is 3.36. The molecule has 0 bridgehead atoms. The number of aromatic nitrogens is 2. The first kappa shape index (κ1) is 16.1. The smallest absolute Gasteiger partial charge is 0.265 e. The maximum Gasteiger partial charge on any atom is 0.433 e. The Bertz CT molecular complexity index is 704. The quantitative estimate of drug-likeness (QED) is 0.531. The molecule has 10 heteroatoms. The Labute approximate surface area is 126 Å². The van der Waals surface area contributed by atoms with E-state index in [0.29, 0.717) is 15.6 Å². The summed E-state index contributed by atoms with van der Waals surface area (Å²) in [5.41, 5.74) is 0.635. The summed E-state index contributed by atoms with van der Waals surface area (Å²) in [7, 11) is 0. The van der Waals surface area contributed by atoms with Gasteiger partial charge in [-0.05, 0) is 19.1 Å². The number of hydrazone groups is 1. The van der Waals surface area contributed by atoms with Crippen molar-refractivity contribution in [1.82, 2.24) is 15.2 Å². The second-order valence-corrected chi connectivity index (χ2v) is 5.13. The van der Waals surface area contributed by atoms with Crippen molar-refractivity contribution in [3.63, 3.8) is 0 Å². The van der Waals surface area contributed by atoms with E-state index >= 15 is 0 Å². The molecule has 2 heterocycles. The van der Waals surface area contributed by atoms with E-state index in [1.165, 1.54) is 25.3 Å². The molecule has 22 heavy (non-hydrogen) atoms. The minimum atomic E-state index is -4.60. The second-order valence-electron chi connectivity index (χ2n) is 4.07. The number of carbonyl (C=O) groups is 1. The van der Waals surface area contributed by atoms with Crippen LogP contribution in [0.25, 0.3) is 0 Å². The van der Waals surface area contributed by atoms with E-state index in [-0.39, 0.29) is 6.54 Å². The maximum atomic E-state index is 12.7. The molecule has 0 unspecified atom stereocenters. The highest BCUT2D eigenvalue weighted by molar-refractivity contribution is 7.12. The van der Waals surface area contributed by atoms with Crippen LogP contribution < -0.4 is 5.43 Å². The van der Waals surface area contributed by atoms with Gasteiger partial charge in [-0.15, -0.1) is 11.3 Å². The van der Waals surface area contributed by atoms with Crippen LogP contribution in [0.4, 0.5) is 17.6 Å². The van der Waals surface area contributed by atoms with Crippen LogP contribution in [0, 0.1) is 5.13 Å². The molecule has 0 aromatic carbocycles. The molecule has 0 radical (unpaired) electrons. The summed E-state index contributed by atoms with van der Waals surface area (Å²) < 4.78 is 51.6. The van der Waals surface area contributed by atoms with Crippen LogP contribution in [0.2, 0.25) is 0 Å². The predicted molar refractivity (Wildman–Crippen MR) is 72.2 cm³/mol. The van der Waals surface area contributed by atoms with Gasteiger partial charge in [0.25, 0.3) is 5.91 Å². The summed E-state index contributed by atoms with van der Waals surface area (Å²) in [5.74, 6) is -0.883. The monoisotopic (exact) mass is 334 g/mol. The normalized spacial score (nSPS) is 12.0. The molecule has 1 N–H and O–H groups in total. The van der Waals surface area contributed by atoms with E-state index in [0.717, 1.165) is 11.3 Å². The van der Waals surface area contributed by atoms with Crippen LogP contribution in [-0.2, 0) is 12.7 Å². The number of thiophene rings is 1. The Morgan fingerprint density at radius 1 is 1.50 bits per heavy atom. The van der Waals surface area contributed by atoms with Crippen LogP contribution >= 0.6 is 11.3 Å². The second kappa shape index (κ2) is 6.26. The first-order chi connectivity index (χ1) is 10.3. The zero-order chi connectivity index (χ0) is 16.3. The molecule has 0 aliphatic rings. The predicted octanol–water partition coefficient (Wildman–Crippen LogP) is 2.89. The Kier molecular flexibility index (Phi) is 4.59. The fraction of sp³-hybridized carbons (Fsp3) is 0.250. The van der Waals surface area contributed by atoms with E-state index in [1.54, 1.807) is 0 Å². The molecule has 2 rings (SSSR count). The number of nitrogens with zero attached hydrogens (tertiary/aromatic N) is 3. The molecule has 0 saturated carbocycles. The zero-order valence-electron chi connectivity index (χ0n) is 11.2. The highest BCUT2D eigenvalue weighted by Crippen LogP contribution is 2.29. The van der Waals surface area contributed by atoms with Gasteiger partial charge in [0.1, 0.15) is 5.69 Å². The first-order valence-electron chi connectivity index (χ1n) is 6.05. The lowest BCUT2D eigenvalue weighted by atomic mass is 10.3. The van der Waals surface area contributed by atoms with Crippen molar-refractivity contribution in [3.05, 3.63) is 39.6 Å². The van der Waals surface area contributed by atoms with E-state index in [1.807, 2.05) is 5.43 Å². The van der Waals surface area contributed by atoms with Gasteiger partial charge in [-0.3, -0.25) is 9.48 Å². The van der Waals surface area contributed by atoms with E-state index < -0.39 is 28.6 Å². The van der Waals surface area contributed by atoms with Crippen molar-refractivity contribution in [1.29, 1.82) is 0 Å². The summed E-state index contributed by atoms with van der Waals surface area (Å²) >= 11 is 0.813. The lowest BCUT2D eigenvalue weighted by molar-refractivity contribution is -0.144. The number of nitrogens with one attached hydrogen (secondary N) is 1. The van der Waals surface area contributed by atoms with Crippen molar-refractivity contribution < 1.29 is 22.4 Å². The lowest BCUT2D eigenvalue weighted by Gasteiger charge is -2.06. The molecule has 0 saturated heterocycles. The molecule has 2 aromatic heterocycles. The Morgan fingerprint density at radius 3 is 2.73 bits per heavy atom. The third-order valence-electron chi connectivity index (χ3n) is 2.55. The van der Waals surface area contributed by atoms with Crippen molar-refractivity contribution >= 4 is 23.5 Å². The number of halogens is 4. The van der Waals surface area contributed by atoms with E-state index in [4.69, 9.17) is 0 Å². The number of hydrogen-bond acceptors (Lipinski definition) is 4. The van der Waals surface area contributed by atoms with Gasteiger partial charge in [-0.25, -0.2) is 5.43 Å². The molecule has 0 atom stereocenters. The fourth-order valence-electron chi connectivity index (χ4n) is 1.61. The summed E-state index contributed by atoms with van der Waals surface area (Å²) in [5, 5.41) is 6.71. The van der Waals surface area contributed by atoms with Crippen molar-refractivity contribution in [3.8, 4) is 0 Å². The maximum absolute atomic E-state index is 12.7. The fourth-order valence-corrected chi connectivity index (χ4v) is 2.21. The SMILES string of the molecule is CCn1nc(C(=O)NN=Cc2ccc(F)s2)cc1C(F)(F)F. The van der Waals surface area contributed by atoms with Crippen molar-refractivity contribution in [2.75, 3.05) is 0 Å². The van der Waals surface area contributed by atoms with Crippen LogP contribution in [0.15, 0.2) is 23.3 Å². The molecule has 0 fully saturated rings. The summed E-state index contributed by atoms with van der Waals surface area (Å²) in [6.07, 6.45) is -3.41. The number of carbonyl (C=O) groups excluding carboxylic acids is 1. The Hall–Kier alpha value is -2.23. The average molecular weight is 334 g/mol. The average Bonchev–Trinajstić information content (AvgIpc) is 3.04. The van der Waals surface area contributed by atoms with Gasteiger partial charge in [0, 0.05) is 12.6 Å². The highest BCUT2D eigenvalue weighted by atomic mass is 32.1. The van der Waals surface area contributed by atoms with Crippen LogP contribution in [-0.4, -0.2) is 21.9 Å². The minimum absolute atomic E-state index is 0.0279. The molecule has 0 spiro atoms. The molecular formula is C12H10F4N4OS. The number of alkyl halides is 3. The van der Waals surface area contributed by atoms with Crippen LogP contribution in [0.3, 0.4) is 0 Å². The van der Waals surface area contributed by atoms with Gasteiger partial charge in [0.2, 0.25) is 0 Å². The topological polar surface area (TPSA) is 59.3 Å². The molecular weight excluding hydrogens is 324 g/mol. The molecule has 0 aliphatic carbocycles. The lowest BCUT2D eigenvalue weighted by Crippen LogP contribution is -2.18. The summed E-state index contributed by atoms with van der Waals surface area (Å²) in [6, 6.07) is 3.33. The summed E-state index contributed by atoms with van der Waals surface area (Å²) in [6.45, 7) is 1.45. The third kappa shape index (κ3) is 3.70.